The summed E-state index contributed by atoms with van der Waals surface area (Å²) in [5.74, 6) is -0.0112. The molecule has 0 amide bonds. The van der Waals surface area contributed by atoms with Crippen LogP contribution in [0, 0.1) is 0 Å². The molecule has 0 saturated carbocycles. The van der Waals surface area contributed by atoms with Gasteiger partial charge in [0.25, 0.3) is 0 Å². The Labute approximate surface area is 128 Å². The molecule has 0 radical (unpaired) electrons. The molecular formula is C15H17N3O3S. The maximum Gasteiger partial charge on any atom is 0.345 e. The summed E-state index contributed by atoms with van der Waals surface area (Å²) in [6.07, 6.45) is 3.07. The van der Waals surface area contributed by atoms with E-state index in [4.69, 9.17) is 0 Å². The highest BCUT2D eigenvalue weighted by molar-refractivity contribution is 7.89. The fourth-order valence-corrected chi connectivity index (χ4v) is 4.32. The van der Waals surface area contributed by atoms with Crippen LogP contribution in [0.2, 0.25) is 0 Å². The standard InChI is InChI=1S/C15H17N3O3S/c19-15-16-9-8-14(17-15)12-5-4-10-18(11-12)22(20,21)13-6-2-1-3-7-13/h1-3,6-9,12H,4-5,10-11H2,(H,16,17,19)/t12-/m0/s1. The highest BCUT2D eigenvalue weighted by Crippen LogP contribution is 2.28. The monoisotopic (exact) mass is 319 g/mol. The molecule has 1 aliphatic rings. The third-order valence-electron chi connectivity index (χ3n) is 3.90. The fraction of sp³-hybridized carbons (Fsp3) is 0.333. The second kappa shape index (κ2) is 6.02. The zero-order valence-corrected chi connectivity index (χ0v) is 12.8. The Balaban J connectivity index is 1.86. The molecule has 0 bridgehead atoms. The molecule has 0 unspecified atom stereocenters. The number of hydrogen-bond donors (Lipinski definition) is 1. The van der Waals surface area contributed by atoms with Gasteiger partial charge in [0.15, 0.2) is 0 Å². The molecule has 116 valence electrons. The minimum atomic E-state index is -3.49. The van der Waals surface area contributed by atoms with Crippen LogP contribution < -0.4 is 5.69 Å². The summed E-state index contributed by atoms with van der Waals surface area (Å²) in [5, 5.41) is 0. The van der Waals surface area contributed by atoms with Gasteiger partial charge in [0, 0.05) is 30.9 Å². The minimum Gasteiger partial charge on any atom is -0.309 e. The molecule has 1 atom stereocenters. The number of hydrogen-bond acceptors (Lipinski definition) is 4. The third kappa shape index (κ3) is 2.95. The number of nitrogens with zero attached hydrogens (tertiary/aromatic N) is 2. The molecule has 0 spiro atoms. The van der Waals surface area contributed by atoms with Crippen molar-refractivity contribution in [2.45, 2.75) is 23.7 Å². The predicted octanol–water partition coefficient (Wildman–Crippen LogP) is 1.34. The van der Waals surface area contributed by atoms with Crippen LogP contribution in [0.5, 0.6) is 0 Å². The summed E-state index contributed by atoms with van der Waals surface area (Å²) in [4.78, 5) is 17.9. The highest BCUT2D eigenvalue weighted by atomic mass is 32.2. The number of H-pyrrole nitrogens is 1. The van der Waals surface area contributed by atoms with Gasteiger partial charge >= 0.3 is 5.69 Å². The molecule has 2 aromatic rings. The Kier molecular flexibility index (Phi) is 4.08. The first-order chi connectivity index (χ1) is 10.6. The molecule has 1 N–H and O–H groups in total. The highest BCUT2D eigenvalue weighted by Gasteiger charge is 2.31. The third-order valence-corrected chi connectivity index (χ3v) is 5.78. The molecule has 22 heavy (non-hydrogen) atoms. The van der Waals surface area contributed by atoms with Gasteiger partial charge < -0.3 is 4.98 Å². The van der Waals surface area contributed by atoms with Crippen LogP contribution in [0.4, 0.5) is 0 Å². The van der Waals surface area contributed by atoms with E-state index in [-0.39, 0.29) is 5.92 Å². The molecule has 0 aliphatic carbocycles. The molecule has 1 saturated heterocycles. The largest absolute Gasteiger partial charge is 0.345 e. The minimum absolute atomic E-state index is 0.0112. The topological polar surface area (TPSA) is 83.1 Å². The smallest absolute Gasteiger partial charge is 0.309 e. The first-order valence-electron chi connectivity index (χ1n) is 7.18. The maximum absolute atomic E-state index is 12.7. The number of benzene rings is 1. The Morgan fingerprint density at radius 3 is 2.68 bits per heavy atom. The van der Waals surface area contributed by atoms with E-state index in [1.54, 1.807) is 36.4 Å². The van der Waals surface area contributed by atoms with Gasteiger partial charge in [0.05, 0.1) is 4.90 Å². The number of rotatable bonds is 3. The first kappa shape index (κ1) is 14.9. The summed E-state index contributed by atoms with van der Waals surface area (Å²) in [7, 11) is -3.49. The summed E-state index contributed by atoms with van der Waals surface area (Å²) in [6.45, 7) is 0.875. The average Bonchev–Trinajstić information content (AvgIpc) is 2.56. The van der Waals surface area contributed by atoms with E-state index in [0.717, 1.165) is 18.5 Å². The lowest BCUT2D eigenvalue weighted by molar-refractivity contribution is 0.312. The summed E-state index contributed by atoms with van der Waals surface area (Å²) >= 11 is 0. The normalized spacial score (nSPS) is 19.9. The molecule has 7 heteroatoms. The predicted molar refractivity (Wildman–Crippen MR) is 82.0 cm³/mol. The second-order valence-corrected chi connectivity index (χ2v) is 7.28. The zero-order chi connectivity index (χ0) is 15.6. The molecule has 2 heterocycles. The summed E-state index contributed by atoms with van der Waals surface area (Å²) in [6, 6.07) is 10.2. The van der Waals surface area contributed by atoms with Crippen LogP contribution in [-0.2, 0) is 10.0 Å². The lowest BCUT2D eigenvalue weighted by Gasteiger charge is -2.31. The van der Waals surface area contributed by atoms with Crippen LogP contribution in [-0.4, -0.2) is 35.8 Å². The molecule has 1 aromatic carbocycles. The van der Waals surface area contributed by atoms with Gasteiger partial charge in [-0.15, -0.1) is 0 Å². The van der Waals surface area contributed by atoms with Crippen molar-refractivity contribution in [1.82, 2.24) is 14.3 Å². The van der Waals surface area contributed by atoms with Crippen molar-refractivity contribution in [3.8, 4) is 0 Å². The number of sulfonamides is 1. The van der Waals surface area contributed by atoms with Crippen LogP contribution >= 0.6 is 0 Å². The van der Waals surface area contributed by atoms with E-state index in [2.05, 4.69) is 9.97 Å². The van der Waals surface area contributed by atoms with E-state index in [1.807, 2.05) is 0 Å². The fourth-order valence-electron chi connectivity index (χ4n) is 2.78. The molecule has 1 aliphatic heterocycles. The SMILES string of the molecule is O=c1nccc([C@H]2CCCN(S(=O)(=O)c3ccccc3)C2)[nH]1. The summed E-state index contributed by atoms with van der Waals surface area (Å²) in [5.41, 5.74) is 0.341. The molecule has 1 aromatic heterocycles. The first-order valence-corrected chi connectivity index (χ1v) is 8.62. The Bertz CT molecular complexity index is 802. The van der Waals surface area contributed by atoms with Crippen molar-refractivity contribution in [2.24, 2.45) is 0 Å². The number of aromatic nitrogens is 2. The van der Waals surface area contributed by atoms with Crippen molar-refractivity contribution in [3.05, 3.63) is 58.8 Å². The van der Waals surface area contributed by atoms with Gasteiger partial charge in [-0.3, -0.25) is 0 Å². The van der Waals surface area contributed by atoms with Crippen molar-refractivity contribution in [2.75, 3.05) is 13.1 Å². The van der Waals surface area contributed by atoms with E-state index >= 15 is 0 Å². The Hall–Kier alpha value is -1.99. The van der Waals surface area contributed by atoms with E-state index in [0.29, 0.717) is 18.0 Å². The molecular weight excluding hydrogens is 302 g/mol. The van der Waals surface area contributed by atoms with Crippen LogP contribution in [0.3, 0.4) is 0 Å². The average molecular weight is 319 g/mol. The van der Waals surface area contributed by atoms with Gasteiger partial charge in [0.2, 0.25) is 10.0 Å². The van der Waals surface area contributed by atoms with Gasteiger partial charge in [-0.2, -0.15) is 4.31 Å². The van der Waals surface area contributed by atoms with Gasteiger partial charge in [-0.05, 0) is 31.0 Å². The van der Waals surface area contributed by atoms with Crippen molar-refractivity contribution in [1.29, 1.82) is 0 Å². The van der Waals surface area contributed by atoms with Crippen molar-refractivity contribution in [3.63, 3.8) is 0 Å². The number of aromatic amines is 1. The lowest BCUT2D eigenvalue weighted by Crippen LogP contribution is -2.39. The van der Waals surface area contributed by atoms with Crippen molar-refractivity contribution >= 4 is 10.0 Å². The van der Waals surface area contributed by atoms with E-state index in [9.17, 15) is 13.2 Å². The molecule has 1 fully saturated rings. The van der Waals surface area contributed by atoms with Gasteiger partial charge in [0.1, 0.15) is 0 Å². The quantitative estimate of drug-likeness (QED) is 0.925. The Morgan fingerprint density at radius 1 is 1.18 bits per heavy atom. The number of nitrogens with one attached hydrogen (secondary N) is 1. The van der Waals surface area contributed by atoms with Gasteiger partial charge in [-0.1, -0.05) is 18.2 Å². The van der Waals surface area contributed by atoms with E-state index < -0.39 is 15.7 Å². The van der Waals surface area contributed by atoms with Crippen LogP contribution in [0.15, 0.2) is 52.3 Å². The Morgan fingerprint density at radius 2 is 1.95 bits per heavy atom. The lowest BCUT2D eigenvalue weighted by atomic mass is 9.96. The maximum atomic E-state index is 12.7. The van der Waals surface area contributed by atoms with Crippen LogP contribution in [0.25, 0.3) is 0 Å². The number of piperidine rings is 1. The molecule has 6 nitrogen and oxygen atoms in total. The zero-order valence-electron chi connectivity index (χ0n) is 12.0. The second-order valence-electron chi connectivity index (χ2n) is 5.35. The van der Waals surface area contributed by atoms with Gasteiger partial charge in [-0.25, -0.2) is 18.2 Å². The van der Waals surface area contributed by atoms with E-state index in [1.165, 1.54) is 10.5 Å². The van der Waals surface area contributed by atoms with Crippen LogP contribution in [0.1, 0.15) is 24.5 Å². The molecule has 3 rings (SSSR count). The summed E-state index contributed by atoms with van der Waals surface area (Å²) < 4.78 is 26.8. The van der Waals surface area contributed by atoms with Crippen molar-refractivity contribution < 1.29 is 8.42 Å².